The molecule has 4 rings (SSSR count). The van der Waals surface area contributed by atoms with E-state index in [1.165, 1.54) is 28.3 Å². The lowest BCUT2D eigenvalue weighted by Gasteiger charge is -2.29. The van der Waals surface area contributed by atoms with E-state index in [1.807, 2.05) is 0 Å². The van der Waals surface area contributed by atoms with Crippen molar-refractivity contribution in [3.63, 3.8) is 0 Å². The Balaban J connectivity index is 0.00000289. The highest BCUT2D eigenvalue weighted by molar-refractivity contribution is 7.22. The zero-order chi connectivity index (χ0) is 22.0. The number of thiazole rings is 1. The standard InChI is InChI=1S/C21H24FN5O3S.ClH/c1-14-15(2)23-13-26(20(14)29)12-18(28)27(7-6-25-8-10-30-11-9-25)21-24-19-16(22)4-3-5-17(19)31-21;/h3-5,13H,6-12H2,1-2H3;1H. The minimum atomic E-state index is -0.421. The molecule has 8 nitrogen and oxygen atoms in total. The number of hydrogen-bond donors (Lipinski definition) is 0. The van der Waals surface area contributed by atoms with Gasteiger partial charge in [-0.3, -0.25) is 24.0 Å². The van der Waals surface area contributed by atoms with E-state index in [0.29, 0.717) is 47.4 Å². The summed E-state index contributed by atoms with van der Waals surface area (Å²) in [5.41, 5.74) is 1.15. The molecule has 32 heavy (non-hydrogen) atoms. The summed E-state index contributed by atoms with van der Waals surface area (Å²) in [7, 11) is 0. The molecule has 0 unspecified atom stereocenters. The summed E-state index contributed by atoms with van der Waals surface area (Å²) in [5.74, 6) is -0.713. The number of benzene rings is 1. The smallest absolute Gasteiger partial charge is 0.256 e. The van der Waals surface area contributed by atoms with E-state index in [-0.39, 0.29) is 35.9 Å². The third kappa shape index (κ3) is 5.15. The summed E-state index contributed by atoms with van der Waals surface area (Å²) in [6.07, 6.45) is 1.39. The SMILES string of the molecule is Cc1ncn(CC(=O)N(CCN2CCOCC2)c2nc3c(F)cccc3s2)c(=O)c1C.Cl. The van der Waals surface area contributed by atoms with E-state index in [9.17, 15) is 14.0 Å². The molecule has 0 atom stereocenters. The molecule has 3 heterocycles. The molecule has 172 valence electrons. The molecule has 2 aromatic heterocycles. The Morgan fingerprint density at radius 2 is 2.03 bits per heavy atom. The summed E-state index contributed by atoms with van der Waals surface area (Å²) in [4.78, 5) is 38.2. The summed E-state index contributed by atoms with van der Waals surface area (Å²) in [6, 6.07) is 4.76. The molecular weight excluding hydrogens is 457 g/mol. The molecule has 1 aliphatic heterocycles. The van der Waals surface area contributed by atoms with Gasteiger partial charge in [0.25, 0.3) is 5.56 Å². The number of carbonyl (C=O) groups is 1. The van der Waals surface area contributed by atoms with Crippen molar-refractivity contribution in [2.75, 3.05) is 44.3 Å². The average molecular weight is 482 g/mol. The lowest BCUT2D eigenvalue weighted by molar-refractivity contribution is -0.119. The molecule has 0 aliphatic carbocycles. The predicted molar refractivity (Wildman–Crippen MR) is 124 cm³/mol. The first kappa shape index (κ1) is 24.2. The van der Waals surface area contributed by atoms with Gasteiger partial charge < -0.3 is 4.74 Å². The van der Waals surface area contributed by atoms with E-state index in [4.69, 9.17) is 4.74 Å². The maximum atomic E-state index is 14.2. The molecule has 1 amide bonds. The molecule has 1 aliphatic rings. The number of nitrogens with zero attached hydrogens (tertiary/aromatic N) is 5. The van der Waals surface area contributed by atoms with Gasteiger partial charge in [-0.05, 0) is 26.0 Å². The van der Waals surface area contributed by atoms with E-state index >= 15 is 0 Å². The Bertz CT molecular complexity index is 1160. The van der Waals surface area contributed by atoms with Crippen molar-refractivity contribution in [3.8, 4) is 0 Å². The van der Waals surface area contributed by atoms with Gasteiger partial charge in [0.1, 0.15) is 17.9 Å². The van der Waals surface area contributed by atoms with Gasteiger partial charge >= 0.3 is 0 Å². The van der Waals surface area contributed by atoms with Gasteiger partial charge in [0.15, 0.2) is 5.13 Å². The lowest BCUT2D eigenvalue weighted by Crippen LogP contribution is -2.44. The van der Waals surface area contributed by atoms with Gasteiger partial charge in [-0.1, -0.05) is 17.4 Å². The van der Waals surface area contributed by atoms with Crippen LogP contribution in [0.2, 0.25) is 0 Å². The molecule has 11 heteroatoms. The van der Waals surface area contributed by atoms with Gasteiger partial charge in [-0.15, -0.1) is 12.4 Å². The van der Waals surface area contributed by atoms with Crippen molar-refractivity contribution in [2.24, 2.45) is 0 Å². The minimum absolute atomic E-state index is 0. The van der Waals surface area contributed by atoms with E-state index < -0.39 is 5.82 Å². The first-order valence-electron chi connectivity index (χ1n) is 10.1. The van der Waals surface area contributed by atoms with Crippen LogP contribution in [0.5, 0.6) is 0 Å². The molecule has 0 radical (unpaired) electrons. The third-order valence-electron chi connectivity index (χ3n) is 5.45. The number of rotatable bonds is 6. The van der Waals surface area contributed by atoms with Crippen molar-refractivity contribution in [3.05, 3.63) is 52.0 Å². The number of carbonyl (C=O) groups excluding carboxylic acids is 1. The third-order valence-corrected chi connectivity index (χ3v) is 6.50. The van der Waals surface area contributed by atoms with Crippen LogP contribution in [0.3, 0.4) is 0 Å². The van der Waals surface area contributed by atoms with Crippen LogP contribution in [0, 0.1) is 19.7 Å². The van der Waals surface area contributed by atoms with Crippen LogP contribution in [0.25, 0.3) is 10.2 Å². The van der Waals surface area contributed by atoms with Crippen LogP contribution < -0.4 is 10.5 Å². The summed E-state index contributed by atoms with van der Waals surface area (Å²) in [6.45, 7) is 7.20. The Labute approximate surface area is 195 Å². The second-order valence-electron chi connectivity index (χ2n) is 7.47. The Kier molecular flexibility index (Phi) is 7.94. The number of hydrogen-bond acceptors (Lipinski definition) is 7. The Hall–Kier alpha value is -2.40. The molecule has 0 N–H and O–H groups in total. The van der Waals surface area contributed by atoms with Crippen molar-refractivity contribution >= 4 is 45.0 Å². The normalized spacial score (nSPS) is 14.3. The van der Waals surface area contributed by atoms with Crippen molar-refractivity contribution in [2.45, 2.75) is 20.4 Å². The van der Waals surface area contributed by atoms with Crippen LogP contribution in [0.15, 0.2) is 29.3 Å². The zero-order valence-corrected chi connectivity index (χ0v) is 19.5. The topological polar surface area (TPSA) is 80.6 Å². The number of anilines is 1. The molecule has 3 aromatic rings. The van der Waals surface area contributed by atoms with Crippen molar-refractivity contribution < 1.29 is 13.9 Å². The van der Waals surface area contributed by atoms with Crippen LogP contribution in [-0.4, -0.2) is 64.7 Å². The van der Waals surface area contributed by atoms with E-state index in [0.717, 1.165) is 13.1 Å². The fourth-order valence-corrected chi connectivity index (χ4v) is 4.45. The summed E-state index contributed by atoms with van der Waals surface area (Å²) < 4.78 is 21.5. The highest BCUT2D eigenvalue weighted by Crippen LogP contribution is 2.30. The zero-order valence-electron chi connectivity index (χ0n) is 17.9. The van der Waals surface area contributed by atoms with Gasteiger partial charge in [-0.25, -0.2) is 14.4 Å². The number of aromatic nitrogens is 3. The second-order valence-corrected chi connectivity index (χ2v) is 8.48. The molecule has 1 fully saturated rings. The van der Waals surface area contributed by atoms with Gasteiger partial charge in [0, 0.05) is 37.4 Å². The highest BCUT2D eigenvalue weighted by atomic mass is 35.5. The quantitative estimate of drug-likeness (QED) is 0.538. The van der Waals surface area contributed by atoms with Crippen LogP contribution in [0.4, 0.5) is 9.52 Å². The van der Waals surface area contributed by atoms with Crippen LogP contribution in [0.1, 0.15) is 11.3 Å². The maximum Gasteiger partial charge on any atom is 0.256 e. The number of morpholine rings is 1. The van der Waals surface area contributed by atoms with Gasteiger partial charge in [0.05, 0.1) is 24.2 Å². The number of ether oxygens (including phenoxy) is 1. The van der Waals surface area contributed by atoms with Crippen molar-refractivity contribution in [1.29, 1.82) is 0 Å². The highest BCUT2D eigenvalue weighted by Gasteiger charge is 2.23. The first-order chi connectivity index (χ1) is 14.9. The molecule has 0 spiro atoms. The molecule has 1 saturated heterocycles. The lowest BCUT2D eigenvalue weighted by atomic mass is 10.3. The molecule has 1 aromatic carbocycles. The van der Waals surface area contributed by atoms with E-state index in [2.05, 4.69) is 14.9 Å². The second kappa shape index (κ2) is 10.5. The summed E-state index contributed by atoms with van der Waals surface area (Å²) >= 11 is 1.26. The van der Waals surface area contributed by atoms with Gasteiger partial charge in [0.2, 0.25) is 5.91 Å². The minimum Gasteiger partial charge on any atom is -0.379 e. The average Bonchev–Trinajstić information content (AvgIpc) is 3.20. The Morgan fingerprint density at radius 3 is 2.75 bits per heavy atom. The fourth-order valence-electron chi connectivity index (χ4n) is 3.43. The van der Waals surface area contributed by atoms with Crippen molar-refractivity contribution in [1.82, 2.24) is 19.4 Å². The molecule has 0 bridgehead atoms. The Morgan fingerprint density at radius 1 is 1.28 bits per heavy atom. The van der Waals surface area contributed by atoms with E-state index in [1.54, 1.807) is 30.9 Å². The molecule has 0 saturated carbocycles. The first-order valence-corrected chi connectivity index (χ1v) is 10.9. The number of para-hydroxylation sites is 1. The van der Waals surface area contributed by atoms with Gasteiger partial charge in [-0.2, -0.15) is 0 Å². The predicted octanol–water partition coefficient (Wildman–Crippen LogP) is 2.40. The van der Waals surface area contributed by atoms with Crippen LogP contribution >= 0.6 is 23.7 Å². The summed E-state index contributed by atoms with van der Waals surface area (Å²) in [5, 5.41) is 0.420. The maximum absolute atomic E-state index is 14.2. The number of amides is 1. The largest absolute Gasteiger partial charge is 0.379 e. The monoisotopic (exact) mass is 481 g/mol. The van der Waals surface area contributed by atoms with Crippen LogP contribution in [-0.2, 0) is 16.1 Å². The number of halogens is 2. The number of aryl methyl sites for hydroxylation is 1. The molecular formula is C21H25ClFN5O3S. The number of fused-ring (bicyclic) bond motifs is 1. The fraction of sp³-hybridized carbons (Fsp3) is 0.429.